The monoisotopic (exact) mass is 398 g/mol. The highest BCUT2D eigenvalue weighted by molar-refractivity contribution is 6.33. The number of hydrogen-bond acceptors (Lipinski definition) is 6. The van der Waals surface area contributed by atoms with E-state index in [2.05, 4.69) is 0 Å². The van der Waals surface area contributed by atoms with Gasteiger partial charge in [-0.3, -0.25) is 25.0 Å². The molecule has 26 heavy (non-hydrogen) atoms. The lowest BCUT2D eigenvalue weighted by atomic mass is 10.1. The minimum atomic E-state index is -0.708. The fourth-order valence-electron chi connectivity index (χ4n) is 2.35. The van der Waals surface area contributed by atoms with Crippen molar-refractivity contribution in [3.05, 3.63) is 77.8 Å². The highest BCUT2D eigenvalue weighted by Crippen LogP contribution is 2.29. The van der Waals surface area contributed by atoms with Crippen molar-refractivity contribution in [2.24, 2.45) is 0 Å². The van der Waals surface area contributed by atoms with Crippen LogP contribution in [0, 0.1) is 20.2 Å². The summed E-state index contributed by atoms with van der Waals surface area (Å²) in [6.45, 7) is -0.131. The minimum Gasteiger partial charge on any atom is -0.465 e. The summed E-state index contributed by atoms with van der Waals surface area (Å²) in [5.41, 5.74) is -0.141. The third-order valence-corrected chi connectivity index (χ3v) is 4.09. The molecule has 0 heterocycles. The minimum absolute atomic E-state index is 0.00613. The first-order valence-corrected chi connectivity index (χ1v) is 8.06. The van der Waals surface area contributed by atoms with E-state index >= 15 is 0 Å². The molecule has 0 N–H and O–H groups in total. The molecule has 0 aromatic heterocycles. The Bertz CT molecular complexity index is 872. The van der Waals surface area contributed by atoms with Crippen LogP contribution in [0.15, 0.2) is 36.4 Å². The molecule has 0 saturated carbocycles. The molecule has 0 spiro atoms. The molecule has 0 atom stereocenters. The summed E-state index contributed by atoms with van der Waals surface area (Å²) >= 11 is 11.6. The van der Waals surface area contributed by atoms with Crippen LogP contribution in [0.3, 0.4) is 0 Å². The Morgan fingerprint density at radius 1 is 0.923 bits per heavy atom. The number of carbonyl (C=O) groups excluding carboxylic acids is 1. The number of hydrogen-bond donors (Lipinski definition) is 0. The Morgan fingerprint density at radius 2 is 1.42 bits per heavy atom. The summed E-state index contributed by atoms with van der Waals surface area (Å²) < 4.78 is 5.03. The fourth-order valence-corrected chi connectivity index (χ4v) is 2.88. The second-order valence-corrected chi connectivity index (χ2v) is 5.97. The lowest BCUT2D eigenvalue weighted by Gasteiger charge is -2.07. The van der Waals surface area contributed by atoms with Crippen molar-refractivity contribution in [3.8, 4) is 0 Å². The molecule has 0 amide bonds. The molecule has 2 aromatic carbocycles. The molecule has 8 nitrogen and oxygen atoms in total. The van der Waals surface area contributed by atoms with Crippen molar-refractivity contribution in [1.29, 1.82) is 0 Å². The molecule has 0 radical (unpaired) electrons. The van der Waals surface area contributed by atoms with Crippen LogP contribution < -0.4 is 0 Å². The quantitative estimate of drug-likeness (QED) is 0.393. The maximum Gasteiger partial charge on any atom is 0.310 e. The molecule has 0 unspecified atom stereocenters. The van der Waals surface area contributed by atoms with E-state index in [1.807, 2.05) is 0 Å². The molecule has 0 fully saturated rings. The number of halogens is 2. The van der Waals surface area contributed by atoms with E-state index < -0.39 is 15.8 Å². The summed E-state index contributed by atoms with van der Waals surface area (Å²) in [6.07, 6.45) is -0.255. The SMILES string of the molecule is O=C(Cc1cccc(Cl)c1[N+](=O)[O-])OCCc1cccc(Cl)c1[N+](=O)[O-]. The molecule has 0 aliphatic heterocycles. The zero-order chi connectivity index (χ0) is 19.3. The van der Waals surface area contributed by atoms with Crippen LogP contribution in [0.2, 0.25) is 10.0 Å². The summed E-state index contributed by atoms with van der Waals surface area (Å²) in [7, 11) is 0. The Morgan fingerprint density at radius 3 is 1.96 bits per heavy atom. The van der Waals surface area contributed by atoms with E-state index in [-0.39, 0.29) is 46.4 Å². The van der Waals surface area contributed by atoms with Gasteiger partial charge in [-0.2, -0.15) is 0 Å². The number of nitro benzene ring substituents is 2. The van der Waals surface area contributed by atoms with Crippen LogP contribution in [0.25, 0.3) is 0 Å². The zero-order valence-electron chi connectivity index (χ0n) is 13.2. The number of ether oxygens (including phenoxy) is 1. The number of benzene rings is 2. The maximum absolute atomic E-state index is 11.9. The molecule has 136 valence electrons. The Labute approximate surface area is 157 Å². The van der Waals surface area contributed by atoms with Crippen molar-refractivity contribution >= 4 is 40.5 Å². The first-order valence-electron chi connectivity index (χ1n) is 7.30. The number of para-hydroxylation sites is 2. The predicted octanol–water partition coefficient (Wildman–Crippen LogP) is 4.14. The second-order valence-electron chi connectivity index (χ2n) is 5.16. The largest absolute Gasteiger partial charge is 0.465 e. The van der Waals surface area contributed by atoms with Gasteiger partial charge in [0.25, 0.3) is 11.4 Å². The maximum atomic E-state index is 11.9. The van der Waals surface area contributed by atoms with Crippen molar-refractivity contribution in [2.75, 3.05) is 6.61 Å². The standard InChI is InChI=1S/C16H12Cl2N2O6/c17-12-5-1-3-10(15(12)19(22)23)7-8-26-14(21)9-11-4-2-6-13(18)16(11)20(24)25/h1-6H,7-9H2. The molecule has 0 aliphatic rings. The highest BCUT2D eigenvalue weighted by Gasteiger charge is 2.21. The van der Waals surface area contributed by atoms with E-state index in [4.69, 9.17) is 27.9 Å². The first-order chi connectivity index (χ1) is 12.3. The summed E-state index contributed by atoms with van der Waals surface area (Å²) in [6, 6.07) is 8.72. The third-order valence-electron chi connectivity index (χ3n) is 3.48. The zero-order valence-corrected chi connectivity index (χ0v) is 14.7. The predicted molar refractivity (Wildman–Crippen MR) is 94.6 cm³/mol. The van der Waals surface area contributed by atoms with Crippen LogP contribution >= 0.6 is 23.2 Å². The van der Waals surface area contributed by atoms with Crippen molar-refractivity contribution in [3.63, 3.8) is 0 Å². The van der Waals surface area contributed by atoms with Gasteiger partial charge in [-0.15, -0.1) is 0 Å². The third kappa shape index (κ3) is 4.68. The number of carbonyl (C=O) groups is 1. The fraction of sp³-hybridized carbons (Fsp3) is 0.188. The van der Waals surface area contributed by atoms with E-state index in [9.17, 15) is 25.0 Å². The van der Waals surface area contributed by atoms with Crippen LogP contribution in [-0.4, -0.2) is 22.4 Å². The van der Waals surface area contributed by atoms with Gasteiger partial charge in [0.1, 0.15) is 10.0 Å². The van der Waals surface area contributed by atoms with Crippen molar-refractivity contribution < 1.29 is 19.4 Å². The normalized spacial score (nSPS) is 10.4. The molecule has 0 saturated heterocycles. The van der Waals surface area contributed by atoms with Crippen LogP contribution in [-0.2, 0) is 22.4 Å². The van der Waals surface area contributed by atoms with Gasteiger partial charge in [0.05, 0.1) is 22.9 Å². The molecule has 2 rings (SSSR count). The summed E-state index contributed by atoms with van der Waals surface area (Å²) in [5.74, 6) is -0.708. The Kier molecular flexibility index (Phi) is 6.48. The Hall–Kier alpha value is -2.71. The number of esters is 1. The molecule has 0 bridgehead atoms. The summed E-state index contributed by atoms with van der Waals surface area (Å²) in [4.78, 5) is 32.8. The van der Waals surface area contributed by atoms with E-state index in [1.54, 1.807) is 6.07 Å². The van der Waals surface area contributed by atoms with Gasteiger partial charge in [0.15, 0.2) is 0 Å². The topological polar surface area (TPSA) is 113 Å². The first kappa shape index (κ1) is 19.6. The summed E-state index contributed by atoms with van der Waals surface area (Å²) in [5, 5.41) is 22.0. The van der Waals surface area contributed by atoms with Crippen molar-refractivity contribution in [2.45, 2.75) is 12.8 Å². The van der Waals surface area contributed by atoms with Gasteiger partial charge in [0.2, 0.25) is 0 Å². The van der Waals surface area contributed by atoms with Gasteiger partial charge in [-0.1, -0.05) is 47.5 Å². The van der Waals surface area contributed by atoms with Gasteiger partial charge >= 0.3 is 5.97 Å². The lowest BCUT2D eigenvalue weighted by molar-refractivity contribution is -0.385. The smallest absolute Gasteiger partial charge is 0.310 e. The van der Waals surface area contributed by atoms with Crippen molar-refractivity contribution in [1.82, 2.24) is 0 Å². The second kappa shape index (κ2) is 8.59. The highest BCUT2D eigenvalue weighted by atomic mass is 35.5. The van der Waals surface area contributed by atoms with Gasteiger partial charge in [0, 0.05) is 17.5 Å². The molecule has 0 aliphatic carbocycles. The molecular weight excluding hydrogens is 387 g/mol. The van der Waals surface area contributed by atoms with E-state index in [0.29, 0.717) is 5.56 Å². The van der Waals surface area contributed by atoms with E-state index in [0.717, 1.165) is 0 Å². The van der Waals surface area contributed by atoms with Crippen LogP contribution in [0.1, 0.15) is 11.1 Å². The van der Waals surface area contributed by atoms with E-state index in [1.165, 1.54) is 30.3 Å². The van der Waals surface area contributed by atoms with Gasteiger partial charge < -0.3 is 4.74 Å². The number of nitro groups is 2. The Balaban J connectivity index is 2.01. The molecule has 2 aromatic rings. The number of nitrogens with zero attached hydrogens (tertiary/aromatic N) is 2. The lowest BCUT2D eigenvalue weighted by Crippen LogP contribution is -2.12. The van der Waals surface area contributed by atoms with Crippen LogP contribution in [0.5, 0.6) is 0 Å². The molecular formula is C16H12Cl2N2O6. The molecule has 10 heteroatoms. The average Bonchev–Trinajstić information content (AvgIpc) is 2.54. The average molecular weight is 399 g/mol. The van der Waals surface area contributed by atoms with Gasteiger partial charge in [-0.25, -0.2) is 0 Å². The number of rotatable bonds is 7. The van der Waals surface area contributed by atoms with Gasteiger partial charge in [-0.05, 0) is 12.1 Å². The van der Waals surface area contributed by atoms with Crippen LogP contribution in [0.4, 0.5) is 11.4 Å².